The highest BCUT2D eigenvalue weighted by molar-refractivity contribution is 7.00. The lowest BCUT2D eigenvalue weighted by atomic mass is 9.33. The van der Waals surface area contributed by atoms with E-state index in [0.29, 0.717) is 5.82 Å². The van der Waals surface area contributed by atoms with E-state index in [1.54, 1.807) is 12.7 Å². The van der Waals surface area contributed by atoms with Gasteiger partial charge in [-0.15, -0.1) is 0 Å². The average Bonchev–Trinajstić information content (AvgIpc) is 3.29. The van der Waals surface area contributed by atoms with E-state index in [1.165, 1.54) is 82.0 Å². The van der Waals surface area contributed by atoms with Crippen molar-refractivity contribution in [1.82, 2.24) is 15.0 Å². The Labute approximate surface area is 368 Å². The van der Waals surface area contributed by atoms with Crippen molar-refractivity contribution < 1.29 is 0 Å². The molecule has 0 unspecified atom stereocenters. The van der Waals surface area contributed by atoms with E-state index in [1.807, 2.05) is 0 Å². The zero-order chi connectivity index (χ0) is 42.8. The summed E-state index contributed by atoms with van der Waals surface area (Å²) < 4.78 is 0. The summed E-state index contributed by atoms with van der Waals surface area (Å²) in [5.41, 5.74) is 14.2. The second kappa shape index (κ2) is 13.6. The highest BCUT2D eigenvalue weighted by atomic mass is 15.2. The van der Waals surface area contributed by atoms with Gasteiger partial charge < -0.3 is 9.80 Å². The minimum Gasteiger partial charge on any atom is -0.311 e. The van der Waals surface area contributed by atoms with E-state index in [9.17, 15) is 0 Å². The van der Waals surface area contributed by atoms with Gasteiger partial charge in [-0.05, 0) is 131 Å². The van der Waals surface area contributed by atoms with Crippen LogP contribution in [0.1, 0.15) is 52.7 Å². The number of hydrogen-bond acceptors (Lipinski definition) is 5. The fraction of sp³-hybridized carbons (Fsp3) is 0.140. The minimum atomic E-state index is -0.0747. The van der Waals surface area contributed by atoms with Crippen molar-refractivity contribution in [3.8, 4) is 11.4 Å². The molecule has 9 aromatic carbocycles. The van der Waals surface area contributed by atoms with Gasteiger partial charge in [-0.3, -0.25) is 0 Å². The van der Waals surface area contributed by atoms with Crippen LogP contribution in [-0.4, -0.2) is 21.7 Å². The molecular weight excluding hydrogens is 765 g/mol. The predicted molar refractivity (Wildman–Crippen MR) is 267 cm³/mol. The van der Waals surface area contributed by atoms with Crippen LogP contribution in [0.15, 0.2) is 170 Å². The van der Waals surface area contributed by atoms with E-state index in [2.05, 4.69) is 214 Å². The molecule has 0 amide bonds. The molecule has 0 atom stereocenters. The second-order valence-electron chi connectivity index (χ2n) is 19.4. The molecule has 0 bridgehead atoms. The van der Waals surface area contributed by atoms with Crippen LogP contribution in [0.4, 0.5) is 34.1 Å². The Hall–Kier alpha value is -7.31. The first kappa shape index (κ1) is 37.5. The zero-order valence-corrected chi connectivity index (χ0v) is 36.5. The molecule has 0 saturated heterocycles. The van der Waals surface area contributed by atoms with E-state index >= 15 is 0 Å². The topological polar surface area (TPSA) is 45.2 Å². The van der Waals surface area contributed by atoms with Crippen LogP contribution in [0.2, 0.25) is 0 Å². The molecule has 0 N–H and O–H groups in total. The van der Waals surface area contributed by atoms with Crippen LogP contribution in [0, 0.1) is 0 Å². The molecule has 2 aliphatic heterocycles. The first-order valence-electron chi connectivity index (χ1n) is 22.0. The Kier molecular flexibility index (Phi) is 8.08. The predicted octanol–water partition coefficient (Wildman–Crippen LogP) is 12.8. The standard InChI is InChI=1S/C57H46BN5/c1-56(2,3)42-17-21-44(22-18-42)62-50-31-41(55-60-33-59-34-61-55)32-51-52(50)58(48-25-15-39-27-35-11-7-9-13-37(35)29-46(39)53(48)62)49-26-16-40-28-36-12-8-10-14-38(36)30-47(40)54(49)63(51)45-23-19-43(20-24-45)57(4,5)6/h7-34H,1-6H3. The second-order valence-corrected chi connectivity index (χ2v) is 19.4. The summed E-state index contributed by atoms with van der Waals surface area (Å²) >= 11 is 0. The number of anilines is 6. The molecule has 6 heteroatoms. The summed E-state index contributed by atoms with van der Waals surface area (Å²) in [7, 11) is 0. The van der Waals surface area contributed by atoms with Gasteiger partial charge in [0, 0.05) is 50.5 Å². The lowest BCUT2D eigenvalue weighted by Gasteiger charge is -2.45. The van der Waals surface area contributed by atoms with Crippen LogP contribution in [0.5, 0.6) is 0 Å². The monoisotopic (exact) mass is 811 g/mol. The zero-order valence-electron chi connectivity index (χ0n) is 36.5. The van der Waals surface area contributed by atoms with Crippen LogP contribution < -0.4 is 26.2 Å². The molecule has 10 aromatic rings. The van der Waals surface area contributed by atoms with Crippen LogP contribution in [-0.2, 0) is 10.8 Å². The smallest absolute Gasteiger partial charge is 0.252 e. The molecule has 3 heterocycles. The van der Waals surface area contributed by atoms with Gasteiger partial charge in [-0.2, -0.15) is 0 Å². The molecule has 12 rings (SSSR count). The van der Waals surface area contributed by atoms with E-state index < -0.39 is 0 Å². The maximum absolute atomic E-state index is 4.78. The SMILES string of the molecule is CC(C)(C)c1ccc(N2c3cc(-c4ncncn4)cc4c3B(c3ccc5cc6ccccc6cc5c32)c2ccc3cc5ccccc5cc3c2N4c2ccc(C(C)(C)C)cc2)cc1. The third kappa shape index (κ3) is 5.88. The van der Waals surface area contributed by atoms with Crippen molar-refractivity contribution in [2.75, 3.05) is 9.80 Å². The molecular formula is C57H46BN5. The van der Waals surface area contributed by atoms with Gasteiger partial charge >= 0.3 is 0 Å². The third-order valence-electron chi connectivity index (χ3n) is 13.5. The van der Waals surface area contributed by atoms with E-state index in [-0.39, 0.29) is 17.5 Å². The maximum Gasteiger partial charge on any atom is 0.252 e. The molecule has 0 fully saturated rings. The number of rotatable bonds is 3. The van der Waals surface area contributed by atoms with Gasteiger partial charge in [0.1, 0.15) is 12.7 Å². The van der Waals surface area contributed by atoms with Crippen molar-refractivity contribution in [3.63, 3.8) is 0 Å². The molecule has 0 aliphatic carbocycles. The fourth-order valence-corrected chi connectivity index (χ4v) is 10.3. The van der Waals surface area contributed by atoms with Crippen molar-refractivity contribution in [3.05, 3.63) is 182 Å². The maximum atomic E-state index is 4.78. The molecule has 0 radical (unpaired) electrons. The van der Waals surface area contributed by atoms with Crippen molar-refractivity contribution >= 4 is 100 Å². The summed E-state index contributed by atoms with van der Waals surface area (Å²) in [6.45, 7) is 13.6. The van der Waals surface area contributed by atoms with E-state index in [4.69, 9.17) is 9.97 Å². The van der Waals surface area contributed by atoms with Gasteiger partial charge in [0.15, 0.2) is 5.82 Å². The Balaban J connectivity index is 1.24. The quantitative estimate of drug-likeness (QED) is 0.131. The normalized spacial score (nSPS) is 13.5. The van der Waals surface area contributed by atoms with Gasteiger partial charge in [0.25, 0.3) is 6.71 Å². The Morgan fingerprint density at radius 3 is 1.25 bits per heavy atom. The molecule has 302 valence electrons. The molecule has 0 saturated carbocycles. The summed E-state index contributed by atoms with van der Waals surface area (Å²) in [5.74, 6) is 0.635. The first-order chi connectivity index (χ1) is 30.5. The van der Waals surface area contributed by atoms with Crippen LogP contribution in [0.25, 0.3) is 54.5 Å². The highest BCUT2D eigenvalue weighted by Gasteiger charge is 2.45. The van der Waals surface area contributed by atoms with Crippen molar-refractivity contribution in [2.45, 2.75) is 52.4 Å². The van der Waals surface area contributed by atoms with Gasteiger partial charge in [-0.25, -0.2) is 15.0 Å². The number of nitrogens with zero attached hydrogens (tertiary/aromatic N) is 5. The molecule has 1 aromatic heterocycles. The first-order valence-corrected chi connectivity index (χ1v) is 22.0. The largest absolute Gasteiger partial charge is 0.311 e. The fourth-order valence-electron chi connectivity index (χ4n) is 10.3. The summed E-state index contributed by atoms with van der Waals surface area (Å²) in [4.78, 5) is 18.9. The van der Waals surface area contributed by atoms with Gasteiger partial charge in [0.05, 0.1) is 0 Å². The summed E-state index contributed by atoms with van der Waals surface area (Å²) in [6, 6.07) is 59.6. The molecule has 5 nitrogen and oxygen atoms in total. The van der Waals surface area contributed by atoms with Crippen molar-refractivity contribution in [1.29, 1.82) is 0 Å². The molecule has 2 aliphatic rings. The number of aromatic nitrogens is 3. The Bertz CT molecular complexity index is 3270. The van der Waals surface area contributed by atoms with Crippen LogP contribution >= 0.6 is 0 Å². The van der Waals surface area contributed by atoms with Gasteiger partial charge in [-0.1, -0.05) is 139 Å². The lowest BCUT2D eigenvalue weighted by molar-refractivity contribution is 0.590. The van der Waals surface area contributed by atoms with Gasteiger partial charge in [0.2, 0.25) is 0 Å². The summed E-state index contributed by atoms with van der Waals surface area (Å²) in [5, 5.41) is 9.77. The van der Waals surface area contributed by atoms with Crippen LogP contribution in [0.3, 0.4) is 0 Å². The summed E-state index contributed by atoms with van der Waals surface area (Å²) in [6.07, 6.45) is 3.20. The number of benzene rings is 9. The number of fused-ring (bicyclic) bond motifs is 10. The molecule has 63 heavy (non-hydrogen) atoms. The van der Waals surface area contributed by atoms with Crippen molar-refractivity contribution in [2.24, 2.45) is 0 Å². The lowest BCUT2D eigenvalue weighted by Crippen LogP contribution is -2.61. The number of hydrogen-bond donors (Lipinski definition) is 0. The average molecular weight is 812 g/mol. The van der Waals surface area contributed by atoms with E-state index in [0.717, 1.165) is 28.3 Å². The Morgan fingerprint density at radius 1 is 0.429 bits per heavy atom. The third-order valence-corrected chi connectivity index (χ3v) is 13.5. The molecule has 0 spiro atoms. The minimum absolute atomic E-state index is 0.00760. The Morgan fingerprint density at radius 2 is 0.841 bits per heavy atom. The highest BCUT2D eigenvalue weighted by Crippen LogP contribution is 2.49.